The predicted octanol–water partition coefficient (Wildman–Crippen LogP) is 4.32. The highest BCUT2D eigenvalue weighted by Crippen LogP contribution is 2.26. The molecule has 1 aromatic heterocycles. The minimum absolute atomic E-state index is 0.00813. The van der Waals surface area contributed by atoms with E-state index in [1.54, 1.807) is 0 Å². The van der Waals surface area contributed by atoms with E-state index in [0.29, 0.717) is 0 Å². The quantitative estimate of drug-likeness (QED) is 0.386. The molecular weight excluding hydrogens is 446 g/mol. The molecule has 1 amide bonds. The molecule has 0 aliphatic rings. The molecule has 0 unspecified atom stereocenters. The molecule has 1 N–H and O–H groups in total. The second-order valence-electron chi connectivity index (χ2n) is 7.60. The maximum atomic E-state index is 12.6. The van der Waals surface area contributed by atoms with E-state index in [2.05, 4.69) is 10.3 Å². The zero-order valence-electron chi connectivity index (χ0n) is 18.7. The average Bonchev–Trinajstić information content (AvgIpc) is 2.89. The SMILES string of the molecule is O=C(Cn1ccc(NC(=O)OC(c2ccccc2)c2ccccc2)nc1=O)OCc1ccccc1. The van der Waals surface area contributed by atoms with Crippen molar-refractivity contribution < 1.29 is 19.1 Å². The van der Waals surface area contributed by atoms with Gasteiger partial charge in [0.2, 0.25) is 0 Å². The third-order valence-corrected chi connectivity index (χ3v) is 5.08. The highest BCUT2D eigenvalue weighted by Gasteiger charge is 2.19. The van der Waals surface area contributed by atoms with E-state index in [0.717, 1.165) is 21.3 Å². The third kappa shape index (κ3) is 6.64. The molecule has 8 heteroatoms. The van der Waals surface area contributed by atoms with Gasteiger partial charge in [0.15, 0.2) is 6.10 Å². The van der Waals surface area contributed by atoms with Crippen LogP contribution in [0.1, 0.15) is 22.8 Å². The molecule has 0 aliphatic carbocycles. The Morgan fingerprint density at radius 2 is 1.40 bits per heavy atom. The Morgan fingerprint density at radius 1 is 0.829 bits per heavy atom. The van der Waals surface area contributed by atoms with Gasteiger partial charge in [0, 0.05) is 6.20 Å². The second kappa shape index (κ2) is 11.4. The summed E-state index contributed by atoms with van der Waals surface area (Å²) in [5.74, 6) is -0.569. The minimum Gasteiger partial charge on any atom is -0.459 e. The molecule has 35 heavy (non-hydrogen) atoms. The van der Waals surface area contributed by atoms with Crippen molar-refractivity contribution in [2.45, 2.75) is 19.3 Å². The van der Waals surface area contributed by atoms with Gasteiger partial charge < -0.3 is 9.47 Å². The number of carbonyl (C=O) groups excluding carboxylic acids is 2. The summed E-state index contributed by atoms with van der Waals surface area (Å²) in [5, 5.41) is 2.48. The van der Waals surface area contributed by atoms with E-state index in [-0.39, 0.29) is 19.0 Å². The highest BCUT2D eigenvalue weighted by atomic mass is 16.6. The van der Waals surface area contributed by atoms with E-state index in [4.69, 9.17) is 9.47 Å². The zero-order chi connectivity index (χ0) is 24.5. The van der Waals surface area contributed by atoms with Crippen molar-refractivity contribution >= 4 is 17.9 Å². The monoisotopic (exact) mass is 469 g/mol. The number of ether oxygens (including phenoxy) is 2. The van der Waals surface area contributed by atoms with Crippen molar-refractivity contribution in [3.05, 3.63) is 130 Å². The smallest absolute Gasteiger partial charge is 0.413 e. The molecule has 0 aliphatic heterocycles. The summed E-state index contributed by atoms with van der Waals surface area (Å²) in [7, 11) is 0. The molecule has 0 fully saturated rings. The van der Waals surface area contributed by atoms with Gasteiger partial charge in [0.05, 0.1) is 0 Å². The first-order valence-corrected chi connectivity index (χ1v) is 10.9. The molecule has 0 spiro atoms. The Hall–Kier alpha value is -4.72. The van der Waals surface area contributed by atoms with Gasteiger partial charge in [-0.25, -0.2) is 9.59 Å². The van der Waals surface area contributed by atoms with Crippen LogP contribution in [-0.2, 0) is 27.4 Å². The first-order chi connectivity index (χ1) is 17.1. The number of anilines is 1. The van der Waals surface area contributed by atoms with Crippen LogP contribution in [0.15, 0.2) is 108 Å². The summed E-state index contributed by atoms with van der Waals surface area (Å²) in [6.45, 7) is -0.190. The largest absolute Gasteiger partial charge is 0.459 e. The lowest BCUT2D eigenvalue weighted by atomic mass is 10.0. The van der Waals surface area contributed by atoms with E-state index in [1.165, 1.54) is 12.3 Å². The fraction of sp³-hybridized carbons (Fsp3) is 0.111. The van der Waals surface area contributed by atoms with Crippen molar-refractivity contribution in [1.82, 2.24) is 9.55 Å². The molecular formula is C27H23N3O5. The van der Waals surface area contributed by atoms with Crippen LogP contribution in [-0.4, -0.2) is 21.6 Å². The fourth-order valence-electron chi connectivity index (χ4n) is 3.37. The van der Waals surface area contributed by atoms with Crippen LogP contribution in [0.25, 0.3) is 0 Å². The van der Waals surface area contributed by atoms with Gasteiger partial charge in [-0.2, -0.15) is 4.98 Å². The Labute approximate surface area is 201 Å². The van der Waals surface area contributed by atoms with Crippen molar-refractivity contribution in [2.24, 2.45) is 0 Å². The Morgan fingerprint density at radius 3 is 1.97 bits per heavy atom. The van der Waals surface area contributed by atoms with Gasteiger partial charge in [0.25, 0.3) is 0 Å². The summed E-state index contributed by atoms with van der Waals surface area (Å²) in [6.07, 6.45) is -0.0487. The van der Waals surface area contributed by atoms with Crippen LogP contribution >= 0.6 is 0 Å². The second-order valence-corrected chi connectivity index (χ2v) is 7.60. The summed E-state index contributed by atoms with van der Waals surface area (Å²) in [5.41, 5.74) is 1.73. The van der Waals surface area contributed by atoms with Crippen molar-refractivity contribution in [1.29, 1.82) is 0 Å². The van der Waals surface area contributed by atoms with Crippen LogP contribution in [0, 0.1) is 0 Å². The normalized spacial score (nSPS) is 10.5. The summed E-state index contributed by atoms with van der Waals surface area (Å²) < 4.78 is 12.0. The Balaban J connectivity index is 1.38. The predicted molar refractivity (Wildman–Crippen MR) is 130 cm³/mol. The van der Waals surface area contributed by atoms with Gasteiger partial charge in [-0.15, -0.1) is 0 Å². The maximum Gasteiger partial charge on any atom is 0.413 e. The fourth-order valence-corrected chi connectivity index (χ4v) is 3.37. The van der Waals surface area contributed by atoms with Crippen LogP contribution in [0.5, 0.6) is 0 Å². The number of esters is 1. The van der Waals surface area contributed by atoms with Crippen LogP contribution in [0.2, 0.25) is 0 Å². The first-order valence-electron chi connectivity index (χ1n) is 10.9. The number of benzene rings is 3. The van der Waals surface area contributed by atoms with Crippen molar-refractivity contribution in [3.63, 3.8) is 0 Å². The molecule has 0 atom stereocenters. The number of hydrogen-bond acceptors (Lipinski definition) is 6. The highest BCUT2D eigenvalue weighted by molar-refractivity contribution is 5.83. The van der Waals surface area contributed by atoms with E-state index in [9.17, 15) is 14.4 Å². The number of carbonyl (C=O) groups is 2. The maximum absolute atomic E-state index is 12.6. The van der Waals surface area contributed by atoms with E-state index >= 15 is 0 Å². The first kappa shape index (κ1) is 23.4. The number of aromatic nitrogens is 2. The molecule has 1 heterocycles. The molecule has 4 rings (SSSR count). The average molecular weight is 469 g/mol. The van der Waals surface area contributed by atoms with Crippen LogP contribution in [0.3, 0.4) is 0 Å². The minimum atomic E-state index is -0.769. The molecule has 176 valence electrons. The third-order valence-electron chi connectivity index (χ3n) is 5.08. The van der Waals surface area contributed by atoms with Crippen molar-refractivity contribution in [3.8, 4) is 0 Å². The molecule has 0 radical (unpaired) electrons. The number of hydrogen-bond donors (Lipinski definition) is 1. The summed E-state index contributed by atoms with van der Waals surface area (Å²) in [6, 6.07) is 29.3. The Bertz CT molecular complexity index is 1290. The van der Waals surface area contributed by atoms with Gasteiger partial charge in [-0.05, 0) is 22.8 Å². The Kier molecular flexibility index (Phi) is 7.65. The molecule has 0 saturated heterocycles. The molecule has 4 aromatic rings. The van der Waals surface area contributed by atoms with Crippen LogP contribution in [0.4, 0.5) is 10.6 Å². The molecule has 3 aromatic carbocycles. The van der Waals surface area contributed by atoms with Crippen molar-refractivity contribution in [2.75, 3.05) is 5.32 Å². The molecule has 8 nitrogen and oxygen atoms in total. The number of nitrogens with zero attached hydrogens (tertiary/aromatic N) is 2. The van der Waals surface area contributed by atoms with Gasteiger partial charge in [0.1, 0.15) is 19.0 Å². The molecule has 0 saturated carbocycles. The van der Waals surface area contributed by atoms with Gasteiger partial charge in [-0.1, -0.05) is 91.0 Å². The van der Waals surface area contributed by atoms with Gasteiger partial charge >= 0.3 is 17.8 Å². The standard InChI is InChI=1S/C27H23N3O5/c31-24(34-19-20-10-4-1-5-11-20)18-30-17-16-23(28-26(30)32)29-27(33)35-25(21-12-6-2-7-13-21)22-14-8-3-9-15-22/h1-17,25H,18-19H2,(H,28,29,32,33). The lowest BCUT2D eigenvalue weighted by molar-refractivity contribution is -0.145. The van der Waals surface area contributed by atoms with E-state index < -0.39 is 23.9 Å². The van der Waals surface area contributed by atoms with E-state index in [1.807, 2.05) is 91.0 Å². The topological polar surface area (TPSA) is 99.5 Å². The molecule has 0 bridgehead atoms. The number of nitrogens with one attached hydrogen (secondary N) is 1. The summed E-state index contributed by atoms with van der Waals surface area (Å²) in [4.78, 5) is 40.9. The lowest BCUT2D eigenvalue weighted by Gasteiger charge is -2.19. The zero-order valence-corrected chi connectivity index (χ0v) is 18.7. The van der Waals surface area contributed by atoms with Crippen LogP contribution < -0.4 is 11.0 Å². The van der Waals surface area contributed by atoms with Gasteiger partial charge in [-0.3, -0.25) is 14.7 Å². The summed E-state index contributed by atoms with van der Waals surface area (Å²) >= 11 is 0. The number of rotatable bonds is 8. The lowest BCUT2D eigenvalue weighted by Crippen LogP contribution is -2.28. The number of amides is 1.